The third kappa shape index (κ3) is 3.53. The Kier molecular flexibility index (Phi) is 4.41. The Bertz CT molecular complexity index is 583. The van der Waals surface area contributed by atoms with Crippen LogP contribution in [0.1, 0.15) is 18.4 Å². The van der Waals surface area contributed by atoms with Gasteiger partial charge in [0.05, 0.1) is 12.9 Å². The highest BCUT2D eigenvalue weighted by atomic mass is 32.2. The number of hydrogen-bond donors (Lipinski definition) is 1. The van der Waals surface area contributed by atoms with Crippen LogP contribution in [-0.2, 0) is 19.7 Å². The van der Waals surface area contributed by atoms with E-state index in [1.807, 2.05) is 0 Å². The summed E-state index contributed by atoms with van der Waals surface area (Å²) in [5.74, 6) is -1.78. The molecule has 1 aromatic rings. The summed E-state index contributed by atoms with van der Waals surface area (Å²) in [5, 5.41) is 3.17. The highest BCUT2D eigenvalue weighted by Crippen LogP contribution is 2.35. The molecule has 0 bridgehead atoms. The van der Waals surface area contributed by atoms with Gasteiger partial charge in [0.25, 0.3) is 10.1 Å². The molecular formula is C13H17F2NO3S. The minimum Gasteiger partial charge on any atom is -0.316 e. The molecule has 1 fully saturated rings. The minimum atomic E-state index is -3.49. The SMILES string of the molecule is CS(=O)(=O)OCCC1(c2ccc(F)c(F)c2)CCNC1. The molecule has 0 spiro atoms. The molecule has 1 heterocycles. The van der Waals surface area contributed by atoms with Crippen LogP contribution in [0.25, 0.3) is 0 Å². The molecule has 112 valence electrons. The predicted octanol–water partition coefficient (Wildman–Crippen LogP) is 1.56. The average molecular weight is 305 g/mol. The van der Waals surface area contributed by atoms with Crippen molar-refractivity contribution in [2.75, 3.05) is 26.0 Å². The molecule has 1 aliphatic heterocycles. The molecule has 20 heavy (non-hydrogen) atoms. The van der Waals surface area contributed by atoms with Crippen LogP contribution in [0.4, 0.5) is 8.78 Å². The quantitative estimate of drug-likeness (QED) is 0.839. The molecule has 0 saturated carbocycles. The Morgan fingerprint density at radius 1 is 1.35 bits per heavy atom. The van der Waals surface area contributed by atoms with Gasteiger partial charge in [-0.2, -0.15) is 8.42 Å². The summed E-state index contributed by atoms with van der Waals surface area (Å²) in [6.07, 6.45) is 2.15. The summed E-state index contributed by atoms with van der Waals surface area (Å²) in [6.45, 7) is 1.36. The Morgan fingerprint density at radius 2 is 2.10 bits per heavy atom. The fourth-order valence-corrected chi connectivity index (χ4v) is 2.95. The maximum Gasteiger partial charge on any atom is 0.264 e. The van der Waals surface area contributed by atoms with Crippen molar-refractivity contribution in [1.82, 2.24) is 5.32 Å². The van der Waals surface area contributed by atoms with Gasteiger partial charge in [-0.05, 0) is 37.1 Å². The Labute approximate surface area is 117 Å². The van der Waals surface area contributed by atoms with Gasteiger partial charge in [-0.15, -0.1) is 0 Å². The lowest BCUT2D eigenvalue weighted by Crippen LogP contribution is -2.31. The van der Waals surface area contributed by atoms with Crippen molar-refractivity contribution in [3.63, 3.8) is 0 Å². The van der Waals surface area contributed by atoms with Crippen LogP contribution in [0, 0.1) is 11.6 Å². The van der Waals surface area contributed by atoms with Gasteiger partial charge in [-0.1, -0.05) is 6.07 Å². The fourth-order valence-electron chi connectivity index (χ4n) is 2.56. The largest absolute Gasteiger partial charge is 0.316 e. The highest BCUT2D eigenvalue weighted by molar-refractivity contribution is 7.85. The Hall–Kier alpha value is -1.05. The van der Waals surface area contributed by atoms with Crippen LogP contribution in [0.2, 0.25) is 0 Å². The van der Waals surface area contributed by atoms with Gasteiger partial charge in [-0.3, -0.25) is 4.18 Å². The highest BCUT2D eigenvalue weighted by Gasteiger charge is 2.36. The lowest BCUT2D eigenvalue weighted by molar-refractivity contribution is 0.269. The zero-order valence-electron chi connectivity index (χ0n) is 11.2. The summed E-state index contributed by atoms with van der Waals surface area (Å²) in [4.78, 5) is 0. The number of nitrogens with one attached hydrogen (secondary N) is 1. The van der Waals surface area contributed by atoms with E-state index < -0.39 is 27.2 Å². The van der Waals surface area contributed by atoms with Gasteiger partial charge in [0, 0.05) is 12.0 Å². The van der Waals surface area contributed by atoms with Gasteiger partial charge in [-0.25, -0.2) is 8.78 Å². The lowest BCUT2D eigenvalue weighted by atomic mass is 9.77. The van der Waals surface area contributed by atoms with Gasteiger partial charge in [0.2, 0.25) is 0 Å². The molecule has 1 aliphatic rings. The van der Waals surface area contributed by atoms with Crippen molar-refractivity contribution in [3.05, 3.63) is 35.4 Å². The van der Waals surface area contributed by atoms with E-state index in [2.05, 4.69) is 5.32 Å². The predicted molar refractivity (Wildman–Crippen MR) is 70.9 cm³/mol. The van der Waals surface area contributed by atoms with Crippen molar-refractivity contribution in [2.45, 2.75) is 18.3 Å². The zero-order chi connectivity index (χ0) is 14.8. The minimum absolute atomic E-state index is 0.0273. The van der Waals surface area contributed by atoms with Crippen LogP contribution < -0.4 is 5.32 Å². The van der Waals surface area contributed by atoms with Crippen molar-refractivity contribution >= 4 is 10.1 Å². The third-order valence-electron chi connectivity index (χ3n) is 3.65. The van der Waals surface area contributed by atoms with E-state index in [4.69, 9.17) is 4.18 Å². The van der Waals surface area contributed by atoms with Gasteiger partial charge < -0.3 is 5.32 Å². The molecule has 1 aromatic carbocycles. The van der Waals surface area contributed by atoms with Crippen LogP contribution in [-0.4, -0.2) is 34.4 Å². The smallest absolute Gasteiger partial charge is 0.264 e. The van der Waals surface area contributed by atoms with Crippen LogP contribution in [0.3, 0.4) is 0 Å². The maximum atomic E-state index is 13.4. The molecule has 0 amide bonds. The van der Waals surface area contributed by atoms with Gasteiger partial charge in [0.15, 0.2) is 11.6 Å². The zero-order valence-corrected chi connectivity index (χ0v) is 12.0. The lowest BCUT2D eigenvalue weighted by Gasteiger charge is -2.28. The van der Waals surface area contributed by atoms with E-state index in [-0.39, 0.29) is 6.61 Å². The summed E-state index contributed by atoms with van der Waals surface area (Å²) in [7, 11) is -3.49. The van der Waals surface area contributed by atoms with E-state index in [1.54, 1.807) is 6.07 Å². The monoisotopic (exact) mass is 305 g/mol. The molecule has 7 heteroatoms. The second-order valence-corrected chi connectivity index (χ2v) is 6.76. The number of halogens is 2. The molecule has 1 atom stereocenters. The first-order valence-corrected chi connectivity index (χ1v) is 8.15. The summed E-state index contributed by atoms with van der Waals surface area (Å²) in [5.41, 5.74) is 0.248. The molecule has 0 aliphatic carbocycles. The number of benzene rings is 1. The third-order valence-corrected chi connectivity index (χ3v) is 4.25. The van der Waals surface area contributed by atoms with E-state index in [9.17, 15) is 17.2 Å². The normalized spacial score (nSPS) is 23.1. The van der Waals surface area contributed by atoms with Crippen molar-refractivity contribution in [3.8, 4) is 0 Å². The van der Waals surface area contributed by atoms with Crippen molar-refractivity contribution < 1.29 is 21.4 Å². The van der Waals surface area contributed by atoms with Gasteiger partial charge in [0.1, 0.15) is 0 Å². The molecule has 1 unspecified atom stereocenters. The maximum absolute atomic E-state index is 13.4. The molecule has 0 aromatic heterocycles. The number of hydrogen-bond acceptors (Lipinski definition) is 4. The Morgan fingerprint density at radius 3 is 2.65 bits per heavy atom. The molecule has 1 saturated heterocycles. The molecule has 1 N–H and O–H groups in total. The van der Waals surface area contributed by atoms with Crippen LogP contribution in [0.15, 0.2) is 18.2 Å². The molecule has 4 nitrogen and oxygen atoms in total. The molecule has 0 radical (unpaired) electrons. The first-order chi connectivity index (χ1) is 9.32. The molecular weight excluding hydrogens is 288 g/mol. The van der Waals surface area contributed by atoms with E-state index in [0.29, 0.717) is 18.5 Å². The Balaban J connectivity index is 2.18. The second kappa shape index (κ2) is 5.75. The van der Waals surface area contributed by atoms with Crippen LogP contribution >= 0.6 is 0 Å². The fraction of sp³-hybridized carbons (Fsp3) is 0.538. The average Bonchev–Trinajstić information content (AvgIpc) is 2.81. The first-order valence-electron chi connectivity index (χ1n) is 6.33. The van der Waals surface area contributed by atoms with E-state index in [0.717, 1.165) is 25.3 Å². The summed E-state index contributed by atoms with van der Waals surface area (Å²) < 4.78 is 53.2. The standard InChI is InChI=1S/C13H17F2NO3S/c1-20(17,18)19-7-5-13(4-6-16-9-13)10-2-3-11(14)12(15)8-10/h2-3,8,16H,4-7,9H2,1H3. The van der Waals surface area contributed by atoms with Crippen molar-refractivity contribution in [2.24, 2.45) is 0 Å². The summed E-state index contributed by atoms with van der Waals surface area (Å²) >= 11 is 0. The van der Waals surface area contributed by atoms with Crippen LogP contribution in [0.5, 0.6) is 0 Å². The number of rotatable bonds is 5. The summed E-state index contributed by atoms with van der Waals surface area (Å²) in [6, 6.07) is 3.83. The van der Waals surface area contributed by atoms with E-state index in [1.165, 1.54) is 6.07 Å². The van der Waals surface area contributed by atoms with E-state index >= 15 is 0 Å². The van der Waals surface area contributed by atoms with Crippen molar-refractivity contribution in [1.29, 1.82) is 0 Å². The second-order valence-electron chi connectivity index (χ2n) is 5.11. The first kappa shape index (κ1) is 15.3. The topological polar surface area (TPSA) is 55.4 Å². The van der Waals surface area contributed by atoms with Gasteiger partial charge >= 0.3 is 0 Å². The molecule has 2 rings (SSSR count).